The van der Waals surface area contributed by atoms with Crippen LogP contribution in [0.2, 0.25) is 0 Å². The molecule has 1 aromatic carbocycles. The summed E-state index contributed by atoms with van der Waals surface area (Å²) < 4.78 is 11.7. The van der Waals surface area contributed by atoms with Crippen LogP contribution < -0.4 is 14.4 Å². The van der Waals surface area contributed by atoms with E-state index >= 15 is 0 Å². The Balaban J connectivity index is 1.31. The number of pyridine rings is 1. The maximum absolute atomic E-state index is 6.15. The van der Waals surface area contributed by atoms with Gasteiger partial charge in [-0.15, -0.1) is 0 Å². The molecule has 2 heterocycles. The summed E-state index contributed by atoms with van der Waals surface area (Å²) in [5.41, 5.74) is 4.44. The van der Waals surface area contributed by atoms with E-state index in [0.717, 1.165) is 56.5 Å². The molecule has 0 unspecified atom stereocenters. The van der Waals surface area contributed by atoms with Crippen molar-refractivity contribution >= 4 is 5.69 Å². The molecule has 1 radical (unpaired) electrons. The van der Waals surface area contributed by atoms with Crippen LogP contribution in [-0.2, 0) is 6.42 Å². The van der Waals surface area contributed by atoms with Crippen molar-refractivity contribution in [3.63, 3.8) is 0 Å². The van der Waals surface area contributed by atoms with Gasteiger partial charge in [0.1, 0.15) is 5.75 Å². The molecule has 185 valence electrons. The van der Waals surface area contributed by atoms with E-state index in [1.165, 1.54) is 42.5 Å². The molecule has 4 heteroatoms. The van der Waals surface area contributed by atoms with Crippen molar-refractivity contribution in [1.82, 2.24) is 4.98 Å². The Labute approximate surface area is 207 Å². The minimum absolute atomic E-state index is 0.369. The molecular weight excluding hydrogens is 420 g/mol. The Morgan fingerprint density at radius 2 is 1.85 bits per heavy atom. The SMILES string of the molecule is [CH2][C@H](c1ccnc(OCC2CCN(c3cc(OC)ccc3CCCC(C)(C)C)CC2)c1)C1CC1. The molecule has 2 aromatic rings. The molecule has 1 aliphatic heterocycles. The van der Waals surface area contributed by atoms with Gasteiger partial charge in [0, 0.05) is 37.1 Å². The van der Waals surface area contributed by atoms with Crippen molar-refractivity contribution < 1.29 is 9.47 Å². The number of benzene rings is 1. The first-order valence-electron chi connectivity index (χ1n) is 13.2. The van der Waals surface area contributed by atoms with E-state index < -0.39 is 0 Å². The summed E-state index contributed by atoms with van der Waals surface area (Å²) in [5.74, 6) is 3.38. The van der Waals surface area contributed by atoms with E-state index in [0.29, 0.717) is 17.3 Å². The quantitative estimate of drug-likeness (QED) is 0.377. The van der Waals surface area contributed by atoms with Crippen molar-refractivity contribution in [3.05, 3.63) is 54.6 Å². The first-order valence-corrected chi connectivity index (χ1v) is 13.2. The minimum atomic E-state index is 0.369. The second kappa shape index (κ2) is 11.0. The van der Waals surface area contributed by atoms with Crippen LogP contribution in [0, 0.1) is 24.2 Å². The fourth-order valence-electron chi connectivity index (χ4n) is 5.03. The van der Waals surface area contributed by atoms with Crippen LogP contribution in [0.1, 0.15) is 76.3 Å². The van der Waals surface area contributed by atoms with Gasteiger partial charge in [0.25, 0.3) is 0 Å². The maximum atomic E-state index is 6.15. The van der Waals surface area contributed by atoms with Crippen LogP contribution in [0.25, 0.3) is 0 Å². The van der Waals surface area contributed by atoms with E-state index in [2.05, 4.69) is 67.9 Å². The topological polar surface area (TPSA) is 34.6 Å². The predicted molar refractivity (Wildman–Crippen MR) is 141 cm³/mol. The maximum Gasteiger partial charge on any atom is 0.213 e. The first kappa shape index (κ1) is 24.9. The minimum Gasteiger partial charge on any atom is -0.497 e. The molecule has 1 saturated heterocycles. The van der Waals surface area contributed by atoms with Crippen molar-refractivity contribution in [2.45, 2.75) is 71.6 Å². The lowest BCUT2D eigenvalue weighted by atomic mass is 9.88. The van der Waals surface area contributed by atoms with Crippen LogP contribution in [0.3, 0.4) is 0 Å². The molecule has 1 atom stereocenters. The third kappa shape index (κ3) is 6.90. The molecule has 4 rings (SSSR count). The van der Waals surface area contributed by atoms with Crippen LogP contribution in [0.5, 0.6) is 11.6 Å². The van der Waals surface area contributed by atoms with E-state index in [1.807, 2.05) is 6.20 Å². The van der Waals surface area contributed by atoms with Gasteiger partial charge in [0.2, 0.25) is 5.88 Å². The number of methoxy groups -OCH3 is 1. The summed E-state index contributed by atoms with van der Waals surface area (Å²) in [6, 6.07) is 10.8. The first-order chi connectivity index (χ1) is 16.3. The molecule has 0 bridgehead atoms. The molecule has 1 aliphatic carbocycles. The zero-order valence-corrected chi connectivity index (χ0v) is 21.7. The van der Waals surface area contributed by atoms with Gasteiger partial charge in [0.15, 0.2) is 0 Å². The molecule has 1 saturated carbocycles. The zero-order valence-electron chi connectivity index (χ0n) is 21.7. The third-order valence-electron chi connectivity index (χ3n) is 7.47. The number of rotatable bonds is 10. The standard InChI is InChI=1S/C30H43N2O2/c1-22(24-8-9-24)26-12-16-31-29(19-26)34-21-23-13-17-32(18-14-23)28-20-27(33-5)11-10-25(28)7-6-15-30(2,3)4/h10-12,16,19-20,22-24H,1,6-9,13-15,17-18,21H2,2-5H3/t22-/m0/s1. The van der Waals surface area contributed by atoms with Gasteiger partial charge >= 0.3 is 0 Å². The summed E-state index contributed by atoms with van der Waals surface area (Å²) in [4.78, 5) is 7.00. The van der Waals surface area contributed by atoms with Gasteiger partial charge in [-0.25, -0.2) is 4.98 Å². The van der Waals surface area contributed by atoms with Gasteiger partial charge in [-0.05, 0) is 98.3 Å². The van der Waals surface area contributed by atoms with Crippen molar-refractivity contribution in [3.8, 4) is 11.6 Å². The van der Waals surface area contributed by atoms with Gasteiger partial charge in [-0.3, -0.25) is 0 Å². The summed E-state index contributed by atoms with van der Waals surface area (Å²) >= 11 is 0. The fraction of sp³-hybridized carbons (Fsp3) is 0.600. The highest BCUT2D eigenvalue weighted by atomic mass is 16.5. The number of anilines is 1. The second-order valence-electron chi connectivity index (χ2n) is 11.5. The van der Waals surface area contributed by atoms with Crippen LogP contribution >= 0.6 is 0 Å². The average molecular weight is 464 g/mol. The molecule has 0 amide bonds. The van der Waals surface area contributed by atoms with Crippen LogP contribution in [0.15, 0.2) is 36.5 Å². The third-order valence-corrected chi connectivity index (χ3v) is 7.47. The number of nitrogens with zero attached hydrogens (tertiary/aromatic N) is 2. The monoisotopic (exact) mass is 463 g/mol. The van der Waals surface area contributed by atoms with Gasteiger partial charge < -0.3 is 14.4 Å². The highest BCUT2D eigenvalue weighted by Gasteiger charge is 2.29. The largest absolute Gasteiger partial charge is 0.497 e. The van der Waals surface area contributed by atoms with Gasteiger partial charge in [-0.2, -0.15) is 0 Å². The number of ether oxygens (including phenoxy) is 2. The van der Waals surface area contributed by atoms with E-state index in [1.54, 1.807) is 7.11 Å². The fourth-order valence-corrected chi connectivity index (χ4v) is 5.03. The Morgan fingerprint density at radius 1 is 1.09 bits per heavy atom. The Bertz CT molecular complexity index is 924. The molecule has 0 spiro atoms. The number of hydrogen-bond acceptors (Lipinski definition) is 4. The Kier molecular flexibility index (Phi) is 8.06. The molecule has 2 aliphatic rings. The van der Waals surface area contributed by atoms with Crippen molar-refractivity contribution in [2.24, 2.45) is 17.3 Å². The molecule has 34 heavy (non-hydrogen) atoms. The summed E-state index contributed by atoms with van der Waals surface area (Å²) in [6.45, 7) is 14.2. The smallest absolute Gasteiger partial charge is 0.213 e. The lowest BCUT2D eigenvalue weighted by Crippen LogP contribution is -2.36. The lowest BCUT2D eigenvalue weighted by molar-refractivity contribution is 0.216. The number of aryl methyl sites for hydroxylation is 1. The average Bonchev–Trinajstić information content (AvgIpc) is 3.68. The highest BCUT2D eigenvalue weighted by Crippen LogP contribution is 2.42. The number of piperidine rings is 1. The van der Waals surface area contributed by atoms with Crippen LogP contribution in [0.4, 0.5) is 5.69 Å². The molecule has 1 aromatic heterocycles. The van der Waals surface area contributed by atoms with Crippen molar-refractivity contribution in [1.29, 1.82) is 0 Å². The molecule has 4 nitrogen and oxygen atoms in total. The van der Waals surface area contributed by atoms with E-state index in [4.69, 9.17) is 9.47 Å². The Morgan fingerprint density at radius 3 is 2.53 bits per heavy atom. The summed E-state index contributed by atoms with van der Waals surface area (Å²) in [5, 5.41) is 0. The Hall–Kier alpha value is -2.23. The van der Waals surface area contributed by atoms with Crippen molar-refractivity contribution in [2.75, 3.05) is 31.7 Å². The molecule has 0 N–H and O–H groups in total. The summed E-state index contributed by atoms with van der Waals surface area (Å²) in [7, 11) is 1.76. The second-order valence-corrected chi connectivity index (χ2v) is 11.5. The van der Waals surface area contributed by atoms with E-state index in [9.17, 15) is 0 Å². The van der Waals surface area contributed by atoms with Gasteiger partial charge in [0.05, 0.1) is 13.7 Å². The normalized spacial score (nSPS) is 18.1. The lowest BCUT2D eigenvalue weighted by Gasteiger charge is -2.35. The predicted octanol–water partition coefficient (Wildman–Crippen LogP) is 7.08. The molecule has 2 fully saturated rings. The van der Waals surface area contributed by atoms with E-state index in [-0.39, 0.29) is 0 Å². The number of hydrogen-bond donors (Lipinski definition) is 0. The zero-order chi connectivity index (χ0) is 24.1. The van der Waals surface area contributed by atoms with Crippen LogP contribution in [-0.4, -0.2) is 31.8 Å². The van der Waals surface area contributed by atoms with Gasteiger partial charge in [-0.1, -0.05) is 26.8 Å². The number of aromatic nitrogens is 1. The highest BCUT2D eigenvalue weighted by molar-refractivity contribution is 5.57. The molecular formula is C30H43N2O2. The summed E-state index contributed by atoms with van der Waals surface area (Å²) in [6.07, 6.45) is 10.3.